The monoisotopic (exact) mass is 247 g/mol. The molecule has 0 aliphatic heterocycles. The van der Waals surface area contributed by atoms with E-state index >= 15 is 0 Å². The molecular formula is C14H14FNS. The molecule has 0 aromatic heterocycles. The summed E-state index contributed by atoms with van der Waals surface area (Å²) >= 11 is 1.78. The molecule has 17 heavy (non-hydrogen) atoms. The zero-order valence-corrected chi connectivity index (χ0v) is 10.2. The van der Waals surface area contributed by atoms with Gasteiger partial charge in [-0.1, -0.05) is 36.4 Å². The number of halogens is 1. The average molecular weight is 247 g/mol. The predicted molar refractivity (Wildman–Crippen MR) is 72.3 cm³/mol. The van der Waals surface area contributed by atoms with Gasteiger partial charge in [0.05, 0.1) is 0 Å². The summed E-state index contributed by atoms with van der Waals surface area (Å²) in [5.41, 5.74) is 8.56. The SMILES string of the molecule is Nc1cc(F)ccc1CSCc1ccccc1. The molecule has 0 aliphatic rings. The molecule has 0 heterocycles. The summed E-state index contributed by atoms with van der Waals surface area (Å²) in [5, 5.41) is 0. The van der Waals surface area contributed by atoms with Crippen molar-refractivity contribution in [1.29, 1.82) is 0 Å². The van der Waals surface area contributed by atoms with E-state index in [0.29, 0.717) is 5.69 Å². The number of hydrogen-bond donors (Lipinski definition) is 1. The molecule has 0 atom stereocenters. The predicted octanol–water partition coefficient (Wildman–Crippen LogP) is 3.84. The van der Waals surface area contributed by atoms with Crippen LogP contribution in [0.1, 0.15) is 11.1 Å². The second-order valence-electron chi connectivity index (χ2n) is 3.82. The molecule has 3 heteroatoms. The summed E-state index contributed by atoms with van der Waals surface area (Å²) in [7, 11) is 0. The van der Waals surface area contributed by atoms with E-state index in [-0.39, 0.29) is 5.82 Å². The Bertz CT molecular complexity index is 485. The molecule has 2 aromatic rings. The summed E-state index contributed by atoms with van der Waals surface area (Å²) < 4.78 is 12.8. The molecule has 0 saturated carbocycles. The first-order valence-electron chi connectivity index (χ1n) is 5.41. The van der Waals surface area contributed by atoms with Crippen LogP contribution in [0.2, 0.25) is 0 Å². The molecule has 0 aliphatic carbocycles. The highest BCUT2D eigenvalue weighted by Gasteiger charge is 2.01. The van der Waals surface area contributed by atoms with Gasteiger partial charge < -0.3 is 5.73 Å². The van der Waals surface area contributed by atoms with Gasteiger partial charge in [-0.3, -0.25) is 0 Å². The van der Waals surface area contributed by atoms with Gasteiger partial charge >= 0.3 is 0 Å². The first-order valence-corrected chi connectivity index (χ1v) is 6.57. The van der Waals surface area contributed by atoms with Gasteiger partial charge in [0.25, 0.3) is 0 Å². The standard InChI is InChI=1S/C14H14FNS/c15-13-7-6-12(14(16)8-13)10-17-9-11-4-2-1-3-5-11/h1-8H,9-10,16H2. The van der Waals surface area contributed by atoms with E-state index in [4.69, 9.17) is 5.73 Å². The Kier molecular flexibility index (Phi) is 4.04. The number of benzene rings is 2. The van der Waals surface area contributed by atoms with Crippen LogP contribution in [0.5, 0.6) is 0 Å². The Balaban J connectivity index is 1.90. The van der Waals surface area contributed by atoms with E-state index in [0.717, 1.165) is 17.1 Å². The summed E-state index contributed by atoms with van der Waals surface area (Å²) in [6.45, 7) is 0. The first kappa shape index (κ1) is 12.0. The Labute approximate surface area is 105 Å². The van der Waals surface area contributed by atoms with Gasteiger partial charge in [-0.15, -0.1) is 0 Å². The maximum Gasteiger partial charge on any atom is 0.125 e. The lowest BCUT2D eigenvalue weighted by molar-refractivity contribution is 0.628. The molecule has 2 N–H and O–H groups in total. The number of rotatable bonds is 4. The molecule has 2 aromatic carbocycles. The third kappa shape index (κ3) is 3.49. The second-order valence-corrected chi connectivity index (χ2v) is 4.81. The smallest absolute Gasteiger partial charge is 0.125 e. The van der Waals surface area contributed by atoms with Gasteiger partial charge in [0.1, 0.15) is 5.82 Å². The van der Waals surface area contributed by atoms with Crippen LogP contribution in [0.25, 0.3) is 0 Å². The van der Waals surface area contributed by atoms with Gasteiger partial charge in [-0.25, -0.2) is 4.39 Å². The van der Waals surface area contributed by atoms with Crippen molar-refractivity contribution in [3.05, 3.63) is 65.5 Å². The van der Waals surface area contributed by atoms with E-state index in [9.17, 15) is 4.39 Å². The van der Waals surface area contributed by atoms with Gasteiger partial charge in [-0.2, -0.15) is 11.8 Å². The van der Waals surface area contributed by atoms with Gasteiger partial charge in [0.15, 0.2) is 0 Å². The second kappa shape index (κ2) is 5.73. The third-order valence-electron chi connectivity index (χ3n) is 2.48. The van der Waals surface area contributed by atoms with Crippen LogP contribution in [0.3, 0.4) is 0 Å². The number of hydrogen-bond acceptors (Lipinski definition) is 2. The van der Waals surface area contributed by atoms with Crippen LogP contribution in [0.4, 0.5) is 10.1 Å². The largest absolute Gasteiger partial charge is 0.398 e. The average Bonchev–Trinajstić information content (AvgIpc) is 2.33. The van der Waals surface area contributed by atoms with E-state index in [1.807, 2.05) is 18.2 Å². The highest BCUT2D eigenvalue weighted by Crippen LogP contribution is 2.22. The number of anilines is 1. The van der Waals surface area contributed by atoms with Crippen molar-refractivity contribution in [1.82, 2.24) is 0 Å². The minimum Gasteiger partial charge on any atom is -0.398 e. The zero-order valence-electron chi connectivity index (χ0n) is 9.40. The minimum atomic E-state index is -0.278. The van der Waals surface area contributed by atoms with Gasteiger partial charge in [0, 0.05) is 17.2 Å². The summed E-state index contributed by atoms with van der Waals surface area (Å²) in [5.74, 6) is 1.47. The molecule has 88 valence electrons. The van der Waals surface area contributed by atoms with E-state index in [2.05, 4.69) is 12.1 Å². The Morgan fingerprint density at radius 2 is 1.76 bits per heavy atom. The zero-order chi connectivity index (χ0) is 12.1. The summed E-state index contributed by atoms with van der Waals surface area (Å²) in [6, 6.07) is 14.8. The number of thioether (sulfide) groups is 1. The van der Waals surface area contributed by atoms with Crippen molar-refractivity contribution in [3.63, 3.8) is 0 Å². The maximum atomic E-state index is 12.8. The van der Waals surface area contributed by atoms with Crippen molar-refractivity contribution < 1.29 is 4.39 Å². The third-order valence-corrected chi connectivity index (χ3v) is 3.53. The van der Waals surface area contributed by atoms with Crippen molar-refractivity contribution in [2.75, 3.05) is 5.73 Å². The molecular weight excluding hydrogens is 233 g/mol. The molecule has 0 saturated heterocycles. The van der Waals surface area contributed by atoms with Crippen molar-refractivity contribution in [2.45, 2.75) is 11.5 Å². The lowest BCUT2D eigenvalue weighted by Crippen LogP contribution is -1.93. The van der Waals surface area contributed by atoms with Crippen LogP contribution in [0.15, 0.2) is 48.5 Å². The molecule has 0 unspecified atom stereocenters. The van der Waals surface area contributed by atoms with E-state index in [1.54, 1.807) is 17.8 Å². The lowest BCUT2D eigenvalue weighted by atomic mass is 10.2. The Hall–Kier alpha value is -1.48. The molecule has 0 radical (unpaired) electrons. The molecule has 0 spiro atoms. The van der Waals surface area contributed by atoms with Gasteiger partial charge in [0.2, 0.25) is 0 Å². The maximum absolute atomic E-state index is 12.8. The van der Waals surface area contributed by atoms with Crippen molar-refractivity contribution in [3.8, 4) is 0 Å². The summed E-state index contributed by atoms with van der Waals surface area (Å²) in [4.78, 5) is 0. The topological polar surface area (TPSA) is 26.0 Å². The highest BCUT2D eigenvalue weighted by atomic mass is 32.2. The Morgan fingerprint density at radius 3 is 2.47 bits per heavy atom. The van der Waals surface area contributed by atoms with Crippen LogP contribution in [-0.4, -0.2) is 0 Å². The van der Waals surface area contributed by atoms with Crippen molar-refractivity contribution >= 4 is 17.4 Å². The molecule has 0 bridgehead atoms. The van der Waals surface area contributed by atoms with Gasteiger partial charge in [-0.05, 0) is 23.3 Å². The van der Waals surface area contributed by atoms with E-state index < -0.39 is 0 Å². The first-order chi connectivity index (χ1) is 8.25. The fourth-order valence-electron chi connectivity index (χ4n) is 1.55. The molecule has 2 rings (SSSR count). The molecule has 1 nitrogen and oxygen atoms in total. The van der Waals surface area contributed by atoms with Crippen LogP contribution < -0.4 is 5.73 Å². The minimum absolute atomic E-state index is 0.278. The lowest BCUT2D eigenvalue weighted by Gasteiger charge is -2.05. The molecule has 0 amide bonds. The Morgan fingerprint density at radius 1 is 1.00 bits per heavy atom. The van der Waals surface area contributed by atoms with Crippen molar-refractivity contribution in [2.24, 2.45) is 0 Å². The normalized spacial score (nSPS) is 10.4. The molecule has 0 fully saturated rings. The fraction of sp³-hybridized carbons (Fsp3) is 0.143. The van der Waals surface area contributed by atoms with Crippen LogP contribution in [-0.2, 0) is 11.5 Å². The quantitative estimate of drug-likeness (QED) is 0.831. The fourth-order valence-corrected chi connectivity index (χ4v) is 2.56. The number of nitrogen functional groups attached to an aromatic ring is 1. The van der Waals surface area contributed by atoms with Crippen LogP contribution in [0, 0.1) is 5.82 Å². The highest BCUT2D eigenvalue weighted by molar-refractivity contribution is 7.97. The van der Waals surface area contributed by atoms with E-state index in [1.165, 1.54) is 17.7 Å². The number of nitrogens with two attached hydrogens (primary N) is 1. The summed E-state index contributed by atoms with van der Waals surface area (Å²) in [6.07, 6.45) is 0. The van der Waals surface area contributed by atoms with Crippen LogP contribution >= 0.6 is 11.8 Å².